The van der Waals surface area contributed by atoms with Crippen molar-refractivity contribution in [3.63, 3.8) is 0 Å². The summed E-state index contributed by atoms with van der Waals surface area (Å²) < 4.78 is 45.0. The van der Waals surface area contributed by atoms with Gasteiger partial charge in [0.05, 0.1) is 11.1 Å². The lowest BCUT2D eigenvalue weighted by Gasteiger charge is -2.30. The normalized spacial score (nSPS) is 18.8. The van der Waals surface area contributed by atoms with Crippen LogP contribution in [0.5, 0.6) is 0 Å². The van der Waals surface area contributed by atoms with E-state index >= 15 is 0 Å². The Labute approximate surface area is 187 Å². The molecular formula is C23H22F3N3O2S. The van der Waals surface area contributed by atoms with E-state index in [0.717, 1.165) is 42.2 Å². The molecule has 32 heavy (non-hydrogen) atoms. The molecule has 0 fully saturated rings. The number of furan rings is 1. The second kappa shape index (κ2) is 7.67. The topological polar surface area (TPSA) is 57.5 Å². The lowest BCUT2D eigenvalue weighted by molar-refractivity contribution is -0.137. The van der Waals surface area contributed by atoms with E-state index in [4.69, 9.17) is 4.42 Å². The molecule has 0 saturated heterocycles. The summed E-state index contributed by atoms with van der Waals surface area (Å²) in [5.41, 5.74) is 1.40. The summed E-state index contributed by atoms with van der Waals surface area (Å²) in [7, 11) is 0. The predicted molar refractivity (Wildman–Crippen MR) is 117 cm³/mol. The van der Waals surface area contributed by atoms with E-state index in [1.807, 2.05) is 0 Å². The fraction of sp³-hybridized carbons (Fsp3) is 0.348. The van der Waals surface area contributed by atoms with Gasteiger partial charge < -0.3 is 15.1 Å². The summed E-state index contributed by atoms with van der Waals surface area (Å²) in [4.78, 5) is 16.5. The number of carbonyl (C=O) groups is 1. The Kier molecular flexibility index (Phi) is 5.05. The molecule has 0 aliphatic carbocycles. The van der Waals surface area contributed by atoms with Gasteiger partial charge in [-0.05, 0) is 50.1 Å². The number of hydrogen-bond donors (Lipinski definition) is 2. The fourth-order valence-corrected chi connectivity index (χ4v) is 5.53. The highest BCUT2D eigenvalue weighted by Gasteiger charge is 2.35. The Hall–Kier alpha value is -2.78. The van der Waals surface area contributed by atoms with Crippen LogP contribution in [0.3, 0.4) is 0 Å². The zero-order chi connectivity index (χ0) is 22.6. The highest BCUT2D eigenvalue weighted by molar-refractivity contribution is 7.16. The molecule has 2 aromatic heterocycles. The van der Waals surface area contributed by atoms with Gasteiger partial charge in [0.15, 0.2) is 6.17 Å². The lowest BCUT2D eigenvalue weighted by atomic mass is 10.0. The number of halogens is 3. The van der Waals surface area contributed by atoms with Crippen molar-refractivity contribution in [2.24, 2.45) is 0 Å². The van der Waals surface area contributed by atoms with Crippen LogP contribution in [0.1, 0.15) is 52.1 Å². The maximum Gasteiger partial charge on any atom is 0.416 e. The van der Waals surface area contributed by atoms with Crippen LogP contribution in [0.4, 0.5) is 18.2 Å². The van der Waals surface area contributed by atoms with Crippen LogP contribution < -0.4 is 10.6 Å². The van der Waals surface area contributed by atoms with Gasteiger partial charge in [-0.2, -0.15) is 13.2 Å². The molecule has 4 heterocycles. The number of hydrogen-bond acceptors (Lipinski definition) is 5. The smallest absolute Gasteiger partial charge is 0.416 e. The zero-order valence-electron chi connectivity index (χ0n) is 17.5. The average Bonchev–Trinajstić information content (AvgIpc) is 3.37. The van der Waals surface area contributed by atoms with Crippen molar-refractivity contribution < 1.29 is 22.4 Å². The van der Waals surface area contributed by atoms with Crippen LogP contribution in [0.15, 0.2) is 40.8 Å². The number of benzene rings is 1. The fourth-order valence-electron chi connectivity index (χ4n) is 4.23. The summed E-state index contributed by atoms with van der Waals surface area (Å²) in [6, 6.07) is 8.73. The lowest BCUT2D eigenvalue weighted by Crippen LogP contribution is -2.39. The molecule has 3 aromatic rings. The number of nitrogens with one attached hydrogen (secondary N) is 2. The van der Waals surface area contributed by atoms with Gasteiger partial charge in [-0.25, -0.2) is 0 Å². The monoisotopic (exact) mass is 461 g/mol. The first-order valence-corrected chi connectivity index (χ1v) is 11.3. The largest absolute Gasteiger partial charge is 0.457 e. The van der Waals surface area contributed by atoms with Crippen molar-refractivity contribution in [1.82, 2.24) is 10.2 Å². The van der Waals surface area contributed by atoms with E-state index in [0.29, 0.717) is 28.7 Å². The Morgan fingerprint density at radius 1 is 1.19 bits per heavy atom. The van der Waals surface area contributed by atoms with Gasteiger partial charge in [0.2, 0.25) is 0 Å². The molecule has 0 saturated carbocycles. The third kappa shape index (κ3) is 3.69. The molecule has 9 heteroatoms. The first kappa shape index (κ1) is 21.1. The number of nitrogens with zero attached hydrogens (tertiary/aromatic N) is 1. The number of alkyl halides is 3. The molecule has 5 nitrogen and oxygen atoms in total. The molecule has 0 bridgehead atoms. The van der Waals surface area contributed by atoms with Crippen molar-refractivity contribution in [3.05, 3.63) is 63.7 Å². The highest BCUT2D eigenvalue weighted by Crippen LogP contribution is 2.41. The number of fused-ring (bicyclic) bond motifs is 3. The Morgan fingerprint density at radius 3 is 2.75 bits per heavy atom. The Morgan fingerprint density at radius 2 is 2.00 bits per heavy atom. The molecular weight excluding hydrogens is 439 g/mol. The van der Waals surface area contributed by atoms with Crippen LogP contribution in [0.25, 0.3) is 11.3 Å². The van der Waals surface area contributed by atoms with Gasteiger partial charge in [-0.3, -0.25) is 9.69 Å². The molecule has 1 amide bonds. The van der Waals surface area contributed by atoms with Crippen molar-refractivity contribution in [2.75, 3.05) is 11.9 Å². The SMILES string of the molecule is CC(C)N1CCc2c(sc3c2C(=O)N[C@@H](c2ccc(-c4cccc(C(F)(F)F)c4)o2)N3)C1. The molecule has 2 aliphatic rings. The van der Waals surface area contributed by atoms with E-state index in [2.05, 4.69) is 29.4 Å². The predicted octanol–water partition coefficient (Wildman–Crippen LogP) is 5.65. The van der Waals surface area contributed by atoms with E-state index in [1.54, 1.807) is 29.5 Å². The second-order valence-electron chi connectivity index (χ2n) is 8.35. The maximum absolute atomic E-state index is 13.0. The van der Waals surface area contributed by atoms with Crippen LogP contribution in [0, 0.1) is 0 Å². The van der Waals surface area contributed by atoms with Crippen molar-refractivity contribution in [3.8, 4) is 11.3 Å². The Balaban J connectivity index is 1.40. The first-order valence-electron chi connectivity index (χ1n) is 10.4. The van der Waals surface area contributed by atoms with Crippen molar-refractivity contribution >= 4 is 22.2 Å². The summed E-state index contributed by atoms with van der Waals surface area (Å²) >= 11 is 1.59. The molecule has 5 rings (SSSR count). The van der Waals surface area contributed by atoms with Gasteiger partial charge in [0.25, 0.3) is 5.91 Å². The highest BCUT2D eigenvalue weighted by atomic mass is 32.1. The standard InChI is InChI=1S/C23H22F3N3O2S/c1-12(2)29-9-8-15-18(11-29)32-22-19(15)21(30)27-20(28-22)17-7-6-16(31-17)13-4-3-5-14(10-13)23(24,25)26/h3-7,10,12,20,28H,8-9,11H2,1-2H3,(H,27,30)/t20-/m1/s1. The third-order valence-corrected chi connectivity index (χ3v) is 7.13. The van der Waals surface area contributed by atoms with Crippen molar-refractivity contribution in [2.45, 2.75) is 45.2 Å². The Bertz CT molecular complexity index is 1180. The molecule has 2 aliphatic heterocycles. The van der Waals surface area contributed by atoms with Crippen molar-refractivity contribution in [1.29, 1.82) is 0 Å². The van der Waals surface area contributed by atoms with Gasteiger partial charge in [0.1, 0.15) is 16.5 Å². The van der Waals surface area contributed by atoms with E-state index in [9.17, 15) is 18.0 Å². The molecule has 0 spiro atoms. The van der Waals surface area contributed by atoms with Crippen LogP contribution >= 0.6 is 11.3 Å². The van der Waals surface area contributed by atoms with Crippen LogP contribution in [0.2, 0.25) is 0 Å². The minimum Gasteiger partial charge on any atom is -0.457 e. The van der Waals surface area contributed by atoms with E-state index in [1.165, 1.54) is 10.9 Å². The van der Waals surface area contributed by atoms with Gasteiger partial charge in [0, 0.05) is 29.6 Å². The molecule has 0 radical (unpaired) electrons. The minimum atomic E-state index is -4.43. The number of rotatable bonds is 3. The number of carbonyl (C=O) groups excluding carboxylic acids is 1. The van der Waals surface area contributed by atoms with Gasteiger partial charge in [-0.15, -0.1) is 11.3 Å². The molecule has 168 valence electrons. The van der Waals surface area contributed by atoms with Crippen LogP contribution in [-0.2, 0) is 19.1 Å². The summed E-state index contributed by atoms with van der Waals surface area (Å²) in [6.45, 7) is 6.07. The molecule has 0 unspecified atom stereocenters. The van der Waals surface area contributed by atoms with E-state index in [-0.39, 0.29) is 5.91 Å². The van der Waals surface area contributed by atoms with Crippen LogP contribution in [-0.4, -0.2) is 23.4 Å². The summed E-state index contributed by atoms with van der Waals surface area (Å²) in [5, 5.41) is 7.08. The molecule has 2 N–H and O–H groups in total. The number of thiophene rings is 1. The summed E-state index contributed by atoms with van der Waals surface area (Å²) in [6.07, 6.45) is -4.18. The second-order valence-corrected chi connectivity index (χ2v) is 9.46. The van der Waals surface area contributed by atoms with E-state index < -0.39 is 17.9 Å². The zero-order valence-corrected chi connectivity index (χ0v) is 18.4. The first-order chi connectivity index (χ1) is 15.2. The number of anilines is 1. The average molecular weight is 462 g/mol. The van der Waals surface area contributed by atoms with Gasteiger partial charge >= 0.3 is 6.18 Å². The van der Waals surface area contributed by atoms with Gasteiger partial charge in [-0.1, -0.05) is 12.1 Å². The molecule has 1 atom stereocenters. The summed E-state index contributed by atoms with van der Waals surface area (Å²) in [5.74, 6) is 0.592. The maximum atomic E-state index is 13.0. The number of amides is 1. The minimum absolute atomic E-state index is 0.156. The third-order valence-electron chi connectivity index (χ3n) is 5.98. The quantitative estimate of drug-likeness (QED) is 0.530. The molecule has 1 aromatic carbocycles.